The van der Waals surface area contributed by atoms with Gasteiger partial charge in [-0.1, -0.05) is 0 Å². The molecule has 0 spiro atoms. The van der Waals surface area contributed by atoms with E-state index in [0.29, 0.717) is 30.2 Å². The molecule has 0 saturated carbocycles. The van der Waals surface area contributed by atoms with Crippen LogP contribution in [0, 0.1) is 0 Å². The molecule has 0 radical (unpaired) electrons. The Hall–Kier alpha value is -1.91. The number of methoxy groups -OCH3 is 1. The van der Waals surface area contributed by atoms with Crippen molar-refractivity contribution in [3.63, 3.8) is 0 Å². The third-order valence-electron chi connectivity index (χ3n) is 2.55. The summed E-state index contributed by atoms with van der Waals surface area (Å²) < 4.78 is 5.08. The van der Waals surface area contributed by atoms with Crippen LogP contribution in [0.15, 0.2) is 18.2 Å². The van der Waals surface area contributed by atoms with E-state index in [-0.39, 0.29) is 6.03 Å². The van der Waals surface area contributed by atoms with Crippen molar-refractivity contribution in [2.75, 3.05) is 31.2 Å². The van der Waals surface area contributed by atoms with Gasteiger partial charge in [0.1, 0.15) is 5.75 Å². The highest BCUT2D eigenvalue weighted by atomic mass is 16.5. The number of amides is 2. The Labute approximate surface area is 102 Å². The van der Waals surface area contributed by atoms with Crippen LogP contribution in [0.4, 0.5) is 16.2 Å². The fraction of sp³-hybridized carbons (Fsp3) is 0.417. The zero-order valence-corrected chi connectivity index (χ0v) is 10.5. The minimum absolute atomic E-state index is 0.157. The summed E-state index contributed by atoms with van der Waals surface area (Å²) >= 11 is 0. The Morgan fingerprint density at radius 3 is 2.59 bits per heavy atom. The Kier molecular flexibility index (Phi) is 4.63. The number of anilines is 2. The summed E-state index contributed by atoms with van der Waals surface area (Å²) in [5.74, 6) is 0.661. The zero-order valence-electron chi connectivity index (χ0n) is 10.5. The van der Waals surface area contributed by atoms with Gasteiger partial charge in [-0.25, -0.2) is 4.79 Å². The summed E-state index contributed by atoms with van der Waals surface area (Å²) in [6.07, 6.45) is 0. The number of urea groups is 1. The number of benzene rings is 1. The molecule has 0 atom stereocenters. The second-order valence-corrected chi connectivity index (χ2v) is 3.56. The number of nitrogen functional groups attached to an aromatic ring is 1. The first kappa shape index (κ1) is 13.2. The molecular formula is C12H19N3O2. The molecule has 0 bridgehead atoms. The zero-order chi connectivity index (χ0) is 12.8. The largest absolute Gasteiger partial charge is 0.497 e. The van der Waals surface area contributed by atoms with E-state index in [1.165, 1.54) is 0 Å². The molecule has 5 heteroatoms. The van der Waals surface area contributed by atoms with Gasteiger partial charge in [0, 0.05) is 19.2 Å². The van der Waals surface area contributed by atoms with Crippen molar-refractivity contribution < 1.29 is 9.53 Å². The summed E-state index contributed by atoms with van der Waals surface area (Å²) in [5.41, 5.74) is 6.88. The van der Waals surface area contributed by atoms with Gasteiger partial charge in [-0.15, -0.1) is 0 Å². The first-order chi connectivity index (χ1) is 8.12. The molecule has 0 aliphatic heterocycles. The van der Waals surface area contributed by atoms with Gasteiger partial charge in [-0.05, 0) is 26.0 Å². The summed E-state index contributed by atoms with van der Waals surface area (Å²) in [4.78, 5) is 13.5. The van der Waals surface area contributed by atoms with E-state index in [1.807, 2.05) is 13.8 Å². The summed E-state index contributed by atoms with van der Waals surface area (Å²) in [6, 6.07) is 5.01. The molecule has 0 saturated heterocycles. The summed E-state index contributed by atoms with van der Waals surface area (Å²) in [5, 5.41) is 2.77. The molecule has 2 amide bonds. The topological polar surface area (TPSA) is 67.6 Å². The monoisotopic (exact) mass is 237 g/mol. The molecule has 17 heavy (non-hydrogen) atoms. The maximum atomic E-state index is 11.8. The predicted octanol–water partition coefficient (Wildman–Crippen LogP) is 2.15. The van der Waals surface area contributed by atoms with Gasteiger partial charge in [0.15, 0.2) is 0 Å². The lowest BCUT2D eigenvalue weighted by molar-refractivity contribution is 0.217. The molecule has 0 fully saturated rings. The highest BCUT2D eigenvalue weighted by molar-refractivity contribution is 5.92. The third-order valence-corrected chi connectivity index (χ3v) is 2.55. The van der Waals surface area contributed by atoms with Gasteiger partial charge in [0.05, 0.1) is 18.5 Å². The molecule has 0 unspecified atom stereocenters. The van der Waals surface area contributed by atoms with E-state index >= 15 is 0 Å². The van der Waals surface area contributed by atoms with Crippen LogP contribution < -0.4 is 15.8 Å². The molecule has 0 aliphatic rings. The van der Waals surface area contributed by atoms with E-state index in [2.05, 4.69) is 5.32 Å². The van der Waals surface area contributed by atoms with Crippen LogP contribution in [-0.2, 0) is 0 Å². The average Bonchev–Trinajstić information content (AvgIpc) is 2.33. The SMILES string of the molecule is CCN(CC)C(=O)Nc1cc(OC)ccc1N. The number of ether oxygens (including phenoxy) is 1. The van der Waals surface area contributed by atoms with Gasteiger partial charge in [-0.3, -0.25) is 0 Å². The Balaban J connectivity index is 2.83. The Morgan fingerprint density at radius 1 is 1.41 bits per heavy atom. The second-order valence-electron chi connectivity index (χ2n) is 3.56. The quantitative estimate of drug-likeness (QED) is 0.788. The van der Waals surface area contributed by atoms with Crippen molar-refractivity contribution in [1.29, 1.82) is 0 Å². The van der Waals surface area contributed by atoms with Gasteiger partial charge in [0.2, 0.25) is 0 Å². The van der Waals surface area contributed by atoms with Gasteiger partial charge in [-0.2, -0.15) is 0 Å². The van der Waals surface area contributed by atoms with Crippen LogP contribution in [0.2, 0.25) is 0 Å². The molecule has 5 nitrogen and oxygen atoms in total. The minimum atomic E-state index is -0.157. The van der Waals surface area contributed by atoms with Crippen LogP contribution in [0.25, 0.3) is 0 Å². The van der Waals surface area contributed by atoms with Gasteiger partial charge < -0.3 is 20.7 Å². The number of nitrogens with zero attached hydrogens (tertiary/aromatic N) is 1. The average molecular weight is 237 g/mol. The molecule has 0 aromatic heterocycles. The van der Waals surface area contributed by atoms with E-state index in [4.69, 9.17) is 10.5 Å². The number of nitrogens with one attached hydrogen (secondary N) is 1. The molecular weight excluding hydrogens is 218 g/mol. The molecule has 3 N–H and O–H groups in total. The number of hydrogen-bond acceptors (Lipinski definition) is 3. The number of nitrogens with two attached hydrogens (primary N) is 1. The molecule has 1 aromatic rings. The number of carbonyl (C=O) groups excluding carboxylic acids is 1. The lowest BCUT2D eigenvalue weighted by Crippen LogP contribution is -2.34. The first-order valence-corrected chi connectivity index (χ1v) is 5.61. The normalized spacial score (nSPS) is 9.82. The Morgan fingerprint density at radius 2 is 2.06 bits per heavy atom. The fourth-order valence-corrected chi connectivity index (χ4v) is 1.48. The number of rotatable bonds is 4. The first-order valence-electron chi connectivity index (χ1n) is 5.61. The van der Waals surface area contributed by atoms with Crippen molar-refractivity contribution >= 4 is 17.4 Å². The standard InChI is InChI=1S/C12H19N3O2/c1-4-15(5-2)12(16)14-11-8-9(17-3)6-7-10(11)13/h6-8H,4-5,13H2,1-3H3,(H,14,16). The van der Waals surface area contributed by atoms with E-state index in [0.717, 1.165) is 0 Å². The fourth-order valence-electron chi connectivity index (χ4n) is 1.48. The van der Waals surface area contributed by atoms with E-state index < -0.39 is 0 Å². The smallest absolute Gasteiger partial charge is 0.321 e. The number of carbonyl (C=O) groups is 1. The molecule has 0 aliphatic carbocycles. The predicted molar refractivity (Wildman–Crippen MR) is 69.3 cm³/mol. The maximum Gasteiger partial charge on any atom is 0.321 e. The van der Waals surface area contributed by atoms with Crippen LogP contribution in [0.5, 0.6) is 5.75 Å². The third kappa shape index (κ3) is 3.27. The van der Waals surface area contributed by atoms with Crippen molar-refractivity contribution in [2.45, 2.75) is 13.8 Å². The summed E-state index contributed by atoms with van der Waals surface area (Å²) in [6.45, 7) is 5.18. The van der Waals surface area contributed by atoms with Crippen molar-refractivity contribution in [3.05, 3.63) is 18.2 Å². The summed E-state index contributed by atoms with van der Waals surface area (Å²) in [7, 11) is 1.57. The van der Waals surface area contributed by atoms with E-state index in [9.17, 15) is 4.79 Å². The maximum absolute atomic E-state index is 11.8. The number of hydrogen-bond donors (Lipinski definition) is 2. The van der Waals surface area contributed by atoms with Crippen molar-refractivity contribution in [2.24, 2.45) is 0 Å². The highest BCUT2D eigenvalue weighted by Gasteiger charge is 2.11. The highest BCUT2D eigenvalue weighted by Crippen LogP contribution is 2.24. The molecule has 94 valence electrons. The second kappa shape index (κ2) is 5.98. The molecule has 1 aromatic carbocycles. The van der Waals surface area contributed by atoms with E-state index in [1.54, 1.807) is 30.2 Å². The Bertz CT molecular complexity index is 389. The lowest BCUT2D eigenvalue weighted by atomic mass is 10.2. The molecule has 1 rings (SSSR count). The van der Waals surface area contributed by atoms with Crippen LogP contribution in [0.1, 0.15) is 13.8 Å². The van der Waals surface area contributed by atoms with Crippen molar-refractivity contribution in [1.82, 2.24) is 4.90 Å². The molecule has 0 heterocycles. The van der Waals surface area contributed by atoms with Crippen LogP contribution in [0.3, 0.4) is 0 Å². The van der Waals surface area contributed by atoms with Crippen LogP contribution in [-0.4, -0.2) is 31.1 Å². The minimum Gasteiger partial charge on any atom is -0.497 e. The van der Waals surface area contributed by atoms with Gasteiger partial charge in [0.25, 0.3) is 0 Å². The lowest BCUT2D eigenvalue weighted by Gasteiger charge is -2.20. The van der Waals surface area contributed by atoms with Gasteiger partial charge >= 0.3 is 6.03 Å². The van der Waals surface area contributed by atoms with Crippen molar-refractivity contribution in [3.8, 4) is 5.75 Å². The van der Waals surface area contributed by atoms with Crippen LogP contribution >= 0.6 is 0 Å².